The standard InChI is InChI=1S/C14H23ClN2OS/c1-3-13(14-16-11(9-15)10-19-14)17-7-5-12(6-8-17)18-4-2/h10,12-13H,3-9H2,1-2H3. The molecule has 1 aromatic heterocycles. The van der Waals surface area contributed by atoms with Gasteiger partial charge in [0.15, 0.2) is 0 Å². The minimum absolute atomic E-state index is 0.449. The molecule has 0 bridgehead atoms. The van der Waals surface area contributed by atoms with Crippen LogP contribution in [0.25, 0.3) is 0 Å². The molecule has 0 spiro atoms. The van der Waals surface area contributed by atoms with Crippen molar-refractivity contribution in [2.75, 3.05) is 19.7 Å². The summed E-state index contributed by atoms with van der Waals surface area (Å²) in [6, 6.07) is 0.449. The van der Waals surface area contributed by atoms with Crippen molar-refractivity contribution < 1.29 is 4.74 Å². The number of ether oxygens (including phenoxy) is 1. The number of halogens is 1. The van der Waals surface area contributed by atoms with E-state index in [2.05, 4.69) is 29.1 Å². The number of aromatic nitrogens is 1. The van der Waals surface area contributed by atoms with Gasteiger partial charge in [-0.05, 0) is 26.2 Å². The minimum Gasteiger partial charge on any atom is -0.378 e. The molecule has 0 aromatic carbocycles. The topological polar surface area (TPSA) is 25.4 Å². The fraction of sp³-hybridized carbons (Fsp3) is 0.786. The van der Waals surface area contributed by atoms with E-state index in [1.165, 1.54) is 5.01 Å². The van der Waals surface area contributed by atoms with E-state index in [0.29, 0.717) is 18.0 Å². The molecule has 0 amide bonds. The molecule has 0 N–H and O–H groups in total. The predicted molar refractivity (Wildman–Crippen MR) is 80.9 cm³/mol. The Morgan fingerprint density at radius 3 is 2.74 bits per heavy atom. The highest BCUT2D eigenvalue weighted by molar-refractivity contribution is 7.09. The maximum absolute atomic E-state index is 5.84. The number of hydrogen-bond donors (Lipinski definition) is 0. The van der Waals surface area contributed by atoms with Crippen molar-refractivity contribution in [1.29, 1.82) is 0 Å². The third kappa shape index (κ3) is 3.91. The molecule has 0 aliphatic carbocycles. The Kier molecular flexibility index (Phi) is 6.07. The van der Waals surface area contributed by atoms with Crippen molar-refractivity contribution in [1.82, 2.24) is 9.88 Å². The second-order valence-corrected chi connectivity index (χ2v) is 6.08. The number of rotatable bonds is 6. The van der Waals surface area contributed by atoms with Crippen molar-refractivity contribution in [3.63, 3.8) is 0 Å². The van der Waals surface area contributed by atoms with Gasteiger partial charge in [-0.2, -0.15) is 0 Å². The Bertz CT molecular complexity index is 377. The van der Waals surface area contributed by atoms with E-state index in [1.54, 1.807) is 11.3 Å². The summed E-state index contributed by atoms with van der Waals surface area (Å²) in [6.45, 7) is 7.36. The molecule has 19 heavy (non-hydrogen) atoms. The van der Waals surface area contributed by atoms with Crippen molar-refractivity contribution in [2.45, 2.75) is 51.1 Å². The van der Waals surface area contributed by atoms with Gasteiger partial charge in [0, 0.05) is 25.1 Å². The SMILES string of the molecule is CCOC1CCN(C(CC)c2nc(CCl)cs2)CC1. The van der Waals surface area contributed by atoms with E-state index in [4.69, 9.17) is 16.3 Å². The Morgan fingerprint density at radius 1 is 1.47 bits per heavy atom. The molecule has 2 rings (SSSR count). The van der Waals surface area contributed by atoms with E-state index >= 15 is 0 Å². The maximum atomic E-state index is 5.84. The highest BCUT2D eigenvalue weighted by Gasteiger charge is 2.26. The zero-order valence-corrected chi connectivity index (χ0v) is 13.3. The monoisotopic (exact) mass is 302 g/mol. The summed E-state index contributed by atoms with van der Waals surface area (Å²) in [5, 5.41) is 3.30. The first-order chi connectivity index (χ1) is 9.28. The number of alkyl halides is 1. The lowest BCUT2D eigenvalue weighted by Crippen LogP contribution is -2.39. The van der Waals surface area contributed by atoms with E-state index in [9.17, 15) is 0 Å². The molecule has 0 saturated carbocycles. The third-order valence-electron chi connectivity index (χ3n) is 3.70. The second-order valence-electron chi connectivity index (χ2n) is 4.93. The molecule has 108 valence electrons. The van der Waals surface area contributed by atoms with Gasteiger partial charge < -0.3 is 4.74 Å². The van der Waals surface area contributed by atoms with Gasteiger partial charge >= 0.3 is 0 Å². The highest BCUT2D eigenvalue weighted by Crippen LogP contribution is 2.30. The average Bonchev–Trinajstić information content (AvgIpc) is 2.91. The summed E-state index contributed by atoms with van der Waals surface area (Å²) in [6.07, 6.45) is 3.83. The molecule has 5 heteroatoms. The summed E-state index contributed by atoms with van der Waals surface area (Å²) in [7, 11) is 0. The highest BCUT2D eigenvalue weighted by atomic mass is 35.5. The van der Waals surface area contributed by atoms with Crippen LogP contribution in [-0.2, 0) is 10.6 Å². The van der Waals surface area contributed by atoms with Crippen LogP contribution in [0.3, 0.4) is 0 Å². The molecule has 1 atom stereocenters. The molecule has 3 nitrogen and oxygen atoms in total. The molecule has 0 radical (unpaired) electrons. The summed E-state index contributed by atoms with van der Waals surface area (Å²) >= 11 is 7.58. The van der Waals surface area contributed by atoms with E-state index in [1.807, 2.05) is 0 Å². The normalized spacial score (nSPS) is 19.7. The Labute approximate surface area is 124 Å². The molecule has 1 saturated heterocycles. The summed E-state index contributed by atoms with van der Waals surface area (Å²) in [5.74, 6) is 0.513. The smallest absolute Gasteiger partial charge is 0.110 e. The van der Waals surface area contributed by atoms with Gasteiger partial charge in [0.05, 0.1) is 23.7 Å². The van der Waals surface area contributed by atoms with Gasteiger partial charge in [-0.15, -0.1) is 22.9 Å². The lowest BCUT2D eigenvalue weighted by molar-refractivity contribution is 0.00310. The largest absolute Gasteiger partial charge is 0.378 e. The van der Waals surface area contributed by atoms with Crippen molar-refractivity contribution in [2.24, 2.45) is 0 Å². The van der Waals surface area contributed by atoms with E-state index in [-0.39, 0.29) is 0 Å². The Balaban J connectivity index is 1.95. The summed E-state index contributed by atoms with van der Waals surface area (Å²) in [5.41, 5.74) is 1.00. The van der Waals surface area contributed by atoms with Crippen LogP contribution in [0.2, 0.25) is 0 Å². The fourth-order valence-corrected chi connectivity index (χ4v) is 3.98. The van der Waals surface area contributed by atoms with Crippen LogP contribution in [0.5, 0.6) is 0 Å². The minimum atomic E-state index is 0.449. The number of thiazole rings is 1. The number of likely N-dealkylation sites (tertiary alicyclic amines) is 1. The van der Waals surface area contributed by atoms with Crippen molar-refractivity contribution >= 4 is 22.9 Å². The lowest BCUT2D eigenvalue weighted by atomic mass is 10.0. The number of hydrogen-bond acceptors (Lipinski definition) is 4. The van der Waals surface area contributed by atoms with Gasteiger partial charge in [-0.1, -0.05) is 6.92 Å². The van der Waals surface area contributed by atoms with Crippen LogP contribution in [0.4, 0.5) is 0 Å². The molecular weight excluding hydrogens is 280 g/mol. The van der Waals surface area contributed by atoms with Gasteiger partial charge in [-0.3, -0.25) is 4.90 Å². The van der Waals surface area contributed by atoms with Crippen LogP contribution in [0.15, 0.2) is 5.38 Å². The Morgan fingerprint density at radius 2 is 2.21 bits per heavy atom. The van der Waals surface area contributed by atoms with E-state index in [0.717, 1.165) is 44.7 Å². The predicted octanol–water partition coefficient (Wildman–Crippen LogP) is 3.83. The zero-order valence-electron chi connectivity index (χ0n) is 11.8. The molecule has 1 fully saturated rings. The van der Waals surface area contributed by atoms with Crippen LogP contribution < -0.4 is 0 Å². The van der Waals surface area contributed by atoms with E-state index < -0.39 is 0 Å². The number of piperidine rings is 1. The van der Waals surface area contributed by atoms with Gasteiger partial charge in [0.25, 0.3) is 0 Å². The molecule has 1 aliphatic heterocycles. The van der Waals surface area contributed by atoms with Crippen LogP contribution in [0, 0.1) is 0 Å². The Hall–Kier alpha value is -0.160. The van der Waals surface area contributed by atoms with Crippen molar-refractivity contribution in [3.8, 4) is 0 Å². The summed E-state index contributed by atoms with van der Waals surface area (Å²) < 4.78 is 5.71. The lowest BCUT2D eigenvalue weighted by Gasteiger charge is -2.36. The number of nitrogens with zero attached hydrogens (tertiary/aromatic N) is 2. The van der Waals surface area contributed by atoms with Crippen LogP contribution >= 0.6 is 22.9 Å². The molecule has 1 aliphatic rings. The molecule has 2 heterocycles. The zero-order chi connectivity index (χ0) is 13.7. The first kappa shape index (κ1) is 15.2. The summed E-state index contributed by atoms with van der Waals surface area (Å²) in [4.78, 5) is 7.19. The first-order valence-corrected chi connectivity index (χ1v) is 8.55. The maximum Gasteiger partial charge on any atom is 0.110 e. The van der Waals surface area contributed by atoms with Crippen molar-refractivity contribution in [3.05, 3.63) is 16.1 Å². The van der Waals surface area contributed by atoms with Crippen LogP contribution in [-0.4, -0.2) is 35.7 Å². The first-order valence-electron chi connectivity index (χ1n) is 7.14. The third-order valence-corrected chi connectivity index (χ3v) is 4.97. The molecular formula is C14H23ClN2OS. The van der Waals surface area contributed by atoms with Gasteiger partial charge in [0.1, 0.15) is 5.01 Å². The van der Waals surface area contributed by atoms with Crippen LogP contribution in [0.1, 0.15) is 49.9 Å². The quantitative estimate of drug-likeness (QED) is 0.747. The molecule has 1 aromatic rings. The second kappa shape index (κ2) is 7.58. The molecule has 1 unspecified atom stereocenters. The average molecular weight is 303 g/mol. The van der Waals surface area contributed by atoms with Gasteiger partial charge in [0.2, 0.25) is 0 Å². The van der Waals surface area contributed by atoms with Gasteiger partial charge in [-0.25, -0.2) is 4.98 Å². The fourth-order valence-electron chi connectivity index (χ4n) is 2.72.